The average Bonchev–Trinajstić information content (AvgIpc) is 3.70. The first-order valence-corrected chi connectivity index (χ1v) is 14.7. The Morgan fingerprint density at radius 1 is 0.907 bits per heavy atom. The van der Waals surface area contributed by atoms with Crippen LogP contribution in [-0.2, 0) is 9.59 Å². The van der Waals surface area contributed by atoms with E-state index in [9.17, 15) is 19.2 Å². The van der Waals surface area contributed by atoms with E-state index in [1.165, 1.54) is 0 Å². The van der Waals surface area contributed by atoms with Crippen molar-refractivity contribution in [2.45, 2.75) is 56.5 Å². The number of ether oxygens (including phenoxy) is 1. The summed E-state index contributed by atoms with van der Waals surface area (Å²) in [5.41, 5.74) is 5.22. The van der Waals surface area contributed by atoms with Crippen LogP contribution in [0.25, 0.3) is 22.3 Å². The van der Waals surface area contributed by atoms with E-state index >= 15 is 0 Å². The molecule has 4 heterocycles. The third-order valence-corrected chi connectivity index (χ3v) is 8.93. The van der Waals surface area contributed by atoms with Gasteiger partial charge in [0.15, 0.2) is 0 Å². The van der Waals surface area contributed by atoms with Crippen LogP contribution in [-0.4, -0.2) is 60.9 Å². The number of piperidine rings is 1. The van der Waals surface area contributed by atoms with Crippen LogP contribution in [0.3, 0.4) is 0 Å². The summed E-state index contributed by atoms with van der Waals surface area (Å²) in [7, 11) is 0. The summed E-state index contributed by atoms with van der Waals surface area (Å²) in [6.45, 7) is 0.480. The fourth-order valence-corrected chi connectivity index (χ4v) is 6.34. The molecule has 0 radical (unpaired) electrons. The van der Waals surface area contributed by atoms with Crippen molar-refractivity contribution in [3.05, 3.63) is 71.7 Å². The molecule has 8 rings (SSSR count). The fraction of sp³-hybridized carbons (Fsp3) is 0.344. The van der Waals surface area contributed by atoms with E-state index in [1.807, 2.05) is 30.5 Å². The molecular weight excluding hydrogens is 548 g/mol. The summed E-state index contributed by atoms with van der Waals surface area (Å²) < 4.78 is 8.14. The summed E-state index contributed by atoms with van der Waals surface area (Å²) in [6.07, 6.45) is 8.29. The predicted octanol–water partition coefficient (Wildman–Crippen LogP) is 3.80. The number of para-hydroxylation sites is 2. The van der Waals surface area contributed by atoms with Gasteiger partial charge in [-0.2, -0.15) is 5.10 Å². The second-order valence-corrected chi connectivity index (χ2v) is 11.9. The molecule has 4 aliphatic rings. The molecule has 11 heteroatoms. The van der Waals surface area contributed by atoms with Gasteiger partial charge < -0.3 is 4.74 Å². The first-order chi connectivity index (χ1) is 20.9. The molecule has 1 atom stereocenters. The van der Waals surface area contributed by atoms with Gasteiger partial charge in [-0.1, -0.05) is 12.1 Å². The smallest absolute Gasteiger partial charge is 0.262 e. The van der Waals surface area contributed by atoms with E-state index in [1.54, 1.807) is 18.2 Å². The van der Waals surface area contributed by atoms with Crippen LogP contribution in [0.4, 0.5) is 0 Å². The number of nitrogens with zero attached hydrogens (tertiary/aromatic N) is 5. The number of hydrogen-bond donors (Lipinski definition) is 1. The molecule has 2 aromatic carbocycles. The van der Waals surface area contributed by atoms with Crippen molar-refractivity contribution < 1.29 is 23.9 Å². The van der Waals surface area contributed by atoms with Gasteiger partial charge >= 0.3 is 0 Å². The van der Waals surface area contributed by atoms with Gasteiger partial charge in [0.25, 0.3) is 11.8 Å². The molecule has 0 spiro atoms. The second-order valence-electron chi connectivity index (χ2n) is 11.9. The predicted molar refractivity (Wildman–Crippen MR) is 153 cm³/mol. The maximum Gasteiger partial charge on any atom is 0.262 e. The molecule has 0 bridgehead atoms. The lowest BCUT2D eigenvalue weighted by molar-refractivity contribution is -0.136. The van der Waals surface area contributed by atoms with E-state index in [4.69, 9.17) is 14.8 Å². The lowest BCUT2D eigenvalue weighted by atomic mass is 9.81. The Morgan fingerprint density at radius 3 is 2.49 bits per heavy atom. The zero-order chi connectivity index (χ0) is 29.2. The number of fused-ring (bicyclic) bond motifs is 2. The Kier molecular flexibility index (Phi) is 5.88. The normalized spacial score (nSPS) is 23.3. The largest absolute Gasteiger partial charge is 0.493 e. The number of aromatic nitrogens is 4. The monoisotopic (exact) mass is 576 g/mol. The van der Waals surface area contributed by atoms with Crippen molar-refractivity contribution in [3.63, 3.8) is 0 Å². The van der Waals surface area contributed by atoms with E-state index < -0.39 is 29.7 Å². The van der Waals surface area contributed by atoms with Gasteiger partial charge in [0.05, 0.1) is 52.4 Å². The average molecular weight is 577 g/mol. The SMILES string of the molecule is O=C1CCC(N2C(=O)c3ccc(OC[C@H]4C[C@H](n5cc(-c6cnc7ccccc7n6)c(C6CC6)n5)C4)cc3C2=O)C(=O)N1. The Balaban J connectivity index is 0.923. The molecule has 11 nitrogen and oxygen atoms in total. The van der Waals surface area contributed by atoms with E-state index in [2.05, 4.69) is 21.2 Å². The van der Waals surface area contributed by atoms with Crippen LogP contribution in [0.5, 0.6) is 5.75 Å². The zero-order valence-electron chi connectivity index (χ0n) is 23.2. The van der Waals surface area contributed by atoms with Crippen LogP contribution in [0.1, 0.15) is 76.9 Å². The number of rotatable bonds is 7. The maximum atomic E-state index is 13.1. The summed E-state index contributed by atoms with van der Waals surface area (Å²) in [4.78, 5) is 60.3. The minimum atomic E-state index is -0.988. The van der Waals surface area contributed by atoms with Crippen molar-refractivity contribution in [2.75, 3.05) is 6.61 Å². The molecule has 3 fully saturated rings. The Bertz CT molecular complexity index is 1840. The van der Waals surface area contributed by atoms with E-state index in [0.29, 0.717) is 24.2 Å². The molecule has 2 saturated carbocycles. The summed E-state index contributed by atoms with van der Waals surface area (Å²) >= 11 is 0. The maximum absolute atomic E-state index is 13.1. The second kappa shape index (κ2) is 9.82. The van der Waals surface area contributed by atoms with Crippen LogP contribution in [0.2, 0.25) is 0 Å². The van der Waals surface area contributed by atoms with Gasteiger partial charge in [-0.05, 0) is 68.4 Å². The molecular formula is C32H28N6O5. The van der Waals surface area contributed by atoms with Gasteiger partial charge in [0, 0.05) is 24.1 Å². The lowest BCUT2D eigenvalue weighted by Crippen LogP contribution is -2.54. The summed E-state index contributed by atoms with van der Waals surface area (Å²) in [6, 6.07) is 12.0. The molecule has 2 aromatic heterocycles. The van der Waals surface area contributed by atoms with Crippen LogP contribution in [0.15, 0.2) is 54.9 Å². The Labute approximate surface area is 246 Å². The van der Waals surface area contributed by atoms with Crippen LogP contribution in [0, 0.1) is 5.92 Å². The Morgan fingerprint density at radius 2 is 1.70 bits per heavy atom. The number of carbonyl (C=O) groups excluding carboxylic acids is 4. The fourth-order valence-electron chi connectivity index (χ4n) is 6.34. The number of carbonyl (C=O) groups is 4. The molecule has 4 amide bonds. The molecule has 43 heavy (non-hydrogen) atoms. The lowest BCUT2D eigenvalue weighted by Gasteiger charge is -2.35. The number of amides is 4. The van der Waals surface area contributed by atoms with Crippen molar-refractivity contribution in [3.8, 4) is 17.0 Å². The van der Waals surface area contributed by atoms with Crippen LogP contribution >= 0.6 is 0 Å². The number of benzene rings is 2. The van der Waals surface area contributed by atoms with Crippen molar-refractivity contribution >= 4 is 34.7 Å². The van der Waals surface area contributed by atoms with Gasteiger partial charge in [-0.3, -0.25) is 39.1 Å². The third-order valence-electron chi connectivity index (χ3n) is 8.93. The highest BCUT2D eigenvalue weighted by Crippen LogP contribution is 2.45. The number of nitrogens with one attached hydrogen (secondary N) is 1. The molecule has 2 aliphatic heterocycles. The van der Waals surface area contributed by atoms with Crippen molar-refractivity contribution in [2.24, 2.45) is 5.92 Å². The molecule has 1 N–H and O–H groups in total. The van der Waals surface area contributed by atoms with Crippen molar-refractivity contribution in [1.29, 1.82) is 0 Å². The van der Waals surface area contributed by atoms with Crippen molar-refractivity contribution in [1.82, 2.24) is 30.0 Å². The number of hydrogen-bond acceptors (Lipinski definition) is 8. The zero-order valence-corrected chi connectivity index (χ0v) is 23.2. The van der Waals surface area contributed by atoms with Gasteiger partial charge in [0.2, 0.25) is 11.8 Å². The van der Waals surface area contributed by atoms with E-state index in [0.717, 1.165) is 58.6 Å². The highest BCUT2D eigenvalue weighted by Gasteiger charge is 2.45. The first kappa shape index (κ1) is 25.8. The topological polar surface area (TPSA) is 136 Å². The quantitative estimate of drug-likeness (QED) is 0.328. The summed E-state index contributed by atoms with van der Waals surface area (Å²) in [5, 5.41) is 7.21. The molecule has 1 saturated heterocycles. The third kappa shape index (κ3) is 4.46. The molecule has 1 unspecified atom stereocenters. The molecule has 2 aliphatic carbocycles. The highest BCUT2D eigenvalue weighted by molar-refractivity contribution is 6.23. The number of imide groups is 2. The van der Waals surface area contributed by atoms with Crippen LogP contribution < -0.4 is 10.1 Å². The van der Waals surface area contributed by atoms with Gasteiger partial charge in [-0.15, -0.1) is 0 Å². The highest BCUT2D eigenvalue weighted by atomic mass is 16.5. The minimum absolute atomic E-state index is 0.0832. The minimum Gasteiger partial charge on any atom is -0.493 e. The Hall–Kier alpha value is -4.93. The van der Waals surface area contributed by atoms with E-state index in [-0.39, 0.29) is 30.0 Å². The van der Waals surface area contributed by atoms with Gasteiger partial charge in [-0.25, -0.2) is 4.98 Å². The van der Waals surface area contributed by atoms with Gasteiger partial charge in [0.1, 0.15) is 11.8 Å². The standard InChI is InChI=1S/C32H28N6O5/c39-28-10-9-27(30(40)35-28)38-31(41)21-8-7-20(13-22(21)32(38)42)43-16-17-11-19(12-17)37-15-23(29(36-37)18-5-6-18)26-14-33-24-3-1-2-4-25(24)34-26/h1-4,7-8,13-15,17-19,27H,5-6,9-12,16H2,(H,35,39,40)/t17-,19-,27?. The molecule has 4 aromatic rings. The first-order valence-electron chi connectivity index (χ1n) is 14.7. The summed E-state index contributed by atoms with van der Waals surface area (Å²) in [5.74, 6) is -0.789. The molecule has 216 valence electrons.